The lowest BCUT2D eigenvalue weighted by Gasteiger charge is -2.19. The Kier molecular flexibility index (Phi) is 15.1. The first-order valence-corrected chi connectivity index (χ1v) is 16.0. The van der Waals surface area contributed by atoms with E-state index < -0.39 is 23.9 Å². The molecule has 4 aromatic carbocycles. The van der Waals surface area contributed by atoms with Gasteiger partial charge in [-0.25, -0.2) is 0 Å². The van der Waals surface area contributed by atoms with Crippen molar-refractivity contribution < 1.29 is 38.1 Å². The lowest BCUT2D eigenvalue weighted by Crippen LogP contribution is -2.45. The maximum atomic E-state index is 12.4. The molecule has 0 fully saturated rings. The summed E-state index contributed by atoms with van der Waals surface area (Å²) in [4.78, 5) is 47.9. The Morgan fingerprint density at radius 1 is 0.640 bits per heavy atom. The maximum absolute atomic E-state index is 12.4. The minimum atomic E-state index is -0.824. The number of nitrogens with two attached hydrogens (primary N) is 2. The number of ether oxygens (including phenoxy) is 4. The highest BCUT2D eigenvalue weighted by Crippen LogP contribution is 2.31. The van der Waals surface area contributed by atoms with E-state index in [2.05, 4.69) is 10.6 Å². The fourth-order valence-electron chi connectivity index (χ4n) is 4.87. The molecule has 2 unspecified atom stereocenters. The average molecular weight is 685 g/mol. The Labute approximate surface area is 292 Å². The number of benzene rings is 4. The number of nitrogens with one attached hydrogen (secondary N) is 2. The van der Waals surface area contributed by atoms with Gasteiger partial charge in [0, 0.05) is 17.5 Å². The fourth-order valence-corrected chi connectivity index (χ4v) is 4.87. The third kappa shape index (κ3) is 11.6. The quantitative estimate of drug-likeness (QED) is 0.134. The number of methoxy groups -OCH3 is 2. The van der Waals surface area contributed by atoms with Gasteiger partial charge in [-0.2, -0.15) is 0 Å². The normalized spacial score (nSPS) is 11.4. The number of carbonyl (C=O) groups excluding carboxylic acids is 4. The smallest absolute Gasteiger partial charge is 0.251 e. The molecule has 4 rings (SSSR count). The molecule has 264 valence electrons. The number of primary amides is 2. The lowest BCUT2D eigenvalue weighted by molar-refractivity contribution is -0.120. The molecule has 12 nitrogen and oxygen atoms in total. The van der Waals surface area contributed by atoms with Gasteiger partial charge in [-0.05, 0) is 73.5 Å². The Morgan fingerprint density at radius 3 is 1.70 bits per heavy atom. The molecule has 0 saturated heterocycles. The summed E-state index contributed by atoms with van der Waals surface area (Å²) < 4.78 is 21.6. The second-order valence-electron chi connectivity index (χ2n) is 10.8. The Morgan fingerprint density at radius 2 is 1.18 bits per heavy atom. The van der Waals surface area contributed by atoms with Crippen LogP contribution in [0.3, 0.4) is 0 Å². The Bertz CT molecular complexity index is 1720. The molecule has 0 aliphatic rings. The molecular formula is C38H44N4O8. The number of rotatable bonds is 16. The molecule has 0 aliphatic carbocycles. The molecule has 4 amide bonds. The molecule has 6 N–H and O–H groups in total. The van der Waals surface area contributed by atoms with Crippen molar-refractivity contribution in [3.63, 3.8) is 0 Å². The van der Waals surface area contributed by atoms with E-state index in [9.17, 15) is 19.2 Å². The molecule has 0 spiro atoms. The van der Waals surface area contributed by atoms with Crippen LogP contribution in [0.5, 0.6) is 23.0 Å². The van der Waals surface area contributed by atoms with Gasteiger partial charge in [0.1, 0.15) is 6.04 Å². The van der Waals surface area contributed by atoms with Crippen LogP contribution in [0.1, 0.15) is 58.2 Å². The van der Waals surface area contributed by atoms with Crippen molar-refractivity contribution in [1.29, 1.82) is 0 Å². The van der Waals surface area contributed by atoms with Crippen LogP contribution in [0.15, 0.2) is 97.1 Å². The van der Waals surface area contributed by atoms with Crippen LogP contribution in [0.4, 0.5) is 0 Å². The Hall–Kier alpha value is -6.04. The highest BCUT2D eigenvalue weighted by Gasteiger charge is 2.21. The first-order valence-electron chi connectivity index (χ1n) is 16.0. The summed E-state index contributed by atoms with van der Waals surface area (Å²) in [5.41, 5.74) is 13.3. The summed E-state index contributed by atoms with van der Waals surface area (Å²) >= 11 is 0. The first-order chi connectivity index (χ1) is 24.1. The monoisotopic (exact) mass is 684 g/mol. The molecule has 0 aliphatic heterocycles. The standard InChI is InChI=1S/C20H24N2O4.C18H20N2O4/c1-3-25-17-11-10-14(13-18(17)26-4-2)12-16(19(21)23)22-20(24)15-8-6-5-7-9-15;1-23-15-9-8-13(10-16(15)24-2)14(11-17(19)21)20-18(22)12-6-4-3-5-7-12/h5-11,13,16H,3-4,12H2,1-2H3,(H2,21,23)(H,22,24);3-10,14H,11H2,1-2H3,(H2,19,21)(H,20,22). The van der Waals surface area contributed by atoms with E-state index in [1.807, 2.05) is 32.0 Å². The van der Waals surface area contributed by atoms with Gasteiger partial charge in [0.25, 0.3) is 11.8 Å². The van der Waals surface area contributed by atoms with E-state index in [1.165, 1.54) is 14.2 Å². The summed E-state index contributed by atoms with van der Waals surface area (Å²) in [6.07, 6.45) is 0.244. The van der Waals surface area contributed by atoms with Crippen LogP contribution in [0.25, 0.3) is 0 Å². The molecule has 0 radical (unpaired) electrons. The molecular weight excluding hydrogens is 640 g/mol. The van der Waals surface area contributed by atoms with Crippen molar-refractivity contribution >= 4 is 23.6 Å². The number of carbonyl (C=O) groups is 4. The van der Waals surface area contributed by atoms with E-state index in [1.54, 1.807) is 78.9 Å². The van der Waals surface area contributed by atoms with Crippen molar-refractivity contribution in [3.8, 4) is 23.0 Å². The van der Waals surface area contributed by atoms with Crippen LogP contribution in [0.2, 0.25) is 0 Å². The minimum Gasteiger partial charge on any atom is -0.493 e. The minimum absolute atomic E-state index is 0.0198. The second kappa shape index (κ2) is 19.7. The van der Waals surface area contributed by atoms with Crippen molar-refractivity contribution in [1.82, 2.24) is 10.6 Å². The first kappa shape index (κ1) is 38.4. The highest BCUT2D eigenvalue weighted by atomic mass is 16.5. The third-order valence-electron chi connectivity index (χ3n) is 7.29. The zero-order valence-corrected chi connectivity index (χ0v) is 28.6. The van der Waals surface area contributed by atoms with Crippen molar-refractivity contribution in [2.75, 3.05) is 27.4 Å². The molecule has 12 heteroatoms. The zero-order valence-electron chi connectivity index (χ0n) is 28.6. The van der Waals surface area contributed by atoms with E-state index in [4.69, 9.17) is 30.4 Å². The molecule has 0 bridgehead atoms. The van der Waals surface area contributed by atoms with Crippen LogP contribution < -0.4 is 41.0 Å². The van der Waals surface area contributed by atoms with Crippen LogP contribution in [-0.4, -0.2) is 57.1 Å². The van der Waals surface area contributed by atoms with Gasteiger partial charge in [0.15, 0.2) is 23.0 Å². The van der Waals surface area contributed by atoms with Crippen LogP contribution in [0, 0.1) is 0 Å². The van der Waals surface area contributed by atoms with Crippen molar-refractivity contribution in [2.24, 2.45) is 11.5 Å². The van der Waals surface area contributed by atoms with Crippen LogP contribution >= 0.6 is 0 Å². The molecule has 4 aromatic rings. The summed E-state index contributed by atoms with van der Waals surface area (Å²) in [7, 11) is 3.06. The zero-order chi connectivity index (χ0) is 36.5. The predicted molar refractivity (Wildman–Crippen MR) is 189 cm³/mol. The Balaban J connectivity index is 0.000000271. The molecule has 0 saturated carbocycles. The van der Waals surface area contributed by atoms with Crippen molar-refractivity contribution in [2.45, 2.75) is 38.8 Å². The van der Waals surface area contributed by atoms with Gasteiger partial charge < -0.3 is 41.0 Å². The summed E-state index contributed by atoms with van der Waals surface area (Å²) in [5.74, 6) is 0.588. The van der Waals surface area contributed by atoms with E-state index >= 15 is 0 Å². The number of amides is 4. The summed E-state index contributed by atoms with van der Waals surface area (Å²) in [6, 6.07) is 26.7. The largest absolute Gasteiger partial charge is 0.493 e. The third-order valence-corrected chi connectivity index (χ3v) is 7.29. The highest BCUT2D eigenvalue weighted by molar-refractivity contribution is 5.97. The molecule has 50 heavy (non-hydrogen) atoms. The van der Waals surface area contributed by atoms with E-state index in [-0.39, 0.29) is 24.7 Å². The molecule has 2 atom stereocenters. The van der Waals surface area contributed by atoms with Crippen molar-refractivity contribution in [3.05, 3.63) is 119 Å². The molecule has 0 aromatic heterocycles. The van der Waals surface area contributed by atoms with Gasteiger partial charge in [-0.15, -0.1) is 0 Å². The van der Waals surface area contributed by atoms with Gasteiger partial charge in [0.2, 0.25) is 11.8 Å². The van der Waals surface area contributed by atoms with Gasteiger partial charge in [-0.1, -0.05) is 48.5 Å². The number of hydrogen-bond donors (Lipinski definition) is 4. The average Bonchev–Trinajstić information content (AvgIpc) is 3.12. The van der Waals surface area contributed by atoms with Gasteiger partial charge >= 0.3 is 0 Å². The second-order valence-corrected chi connectivity index (χ2v) is 10.8. The summed E-state index contributed by atoms with van der Waals surface area (Å²) in [6.45, 7) is 4.80. The summed E-state index contributed by atoms with van der Waals surface area (Å²) in [5, 5.41) is 5.52. The molecule has 0 heterocycles. The SMILES string of the molecule is CCOc1ccc(CC(NC(=O)c2ccccc2)C(N)=O)cc1OCC.COc1ccc(C(CC(N)=O)NC(=O)c2ccccc2)cc1OC. The topological polar surface area (TPSA) is 181 Å². The number of hydrogen-bond acceptors (Lipinski definition) is 8. The van der Waals surface area contributed by atoms with Gasteiger partial charge in [0.05, 0.1) is 39.9 Å². The van der Waals surface area contributed by atoms with Crippen LogP contribution in [-0.2, 0) is 16.0 Å². The van der Waals surface area contributed by atoms with E-state index in [0.717, 1.165) is 5.56 Å². The lowest BCUT2D eigenvalue weighted by atomic mass is 10.0. The fraction of sp³-hybridized carbons (Fsp3) is 0.263. The maximum Gasteiger partial charge on any atom is 0.251 e. The predicted octanol–water partition coefficient (Wildman–Crippen LogP) is 4.36. The van der Waals surface area contributed by atoms with Gasteiger partial charge in [-0.3, -0.25) is 19.2 Å². The van der Waals surface area contributed by atoms with E-state index in [0.29, 0.717) is 52.9 Å².